The quantitative estimate of drug-likeness (QED) is 0.762. The molecule has 0 aromatic heterocycles. The van der Waals surface area contributed by atoms with Crippen LogP contribution in [0.4, 0.5) is 5.69 Å². The molecule has 0 fully saturated rings. The van der Waals surface area contributed by atoms with Crippen molar-refractivity contribution in [3.8, 4) is 5.75 Å². The van der Waals surface area contributed by atoms with E-state index in [2.05, 4.69) is 10.0 Å². The monoisotopic (exact) mass is 306 g/mol. The number of rotatable bonds is 6. The van der Waals surface area contributed by atoms with Crippen LogP contribution in [0.25, 0.3) is 0 Å². The zero-order valence-corrected chi connectivity index (χ0v) is 12.5. The van der Waals surface area contributed by atoms with Gasteiger partial charge in [0, 0.05) is 19.3 Å². The molecular weight excluding hydrogens is 288 g/mol. The summed E-state index contributed by atoms with van der Waals surface area (Å²) in [6, 6.07) is 13.3. The third kappa shape index (κ3) is 4.21. The smallest absolute Gasteiger partial charge is 0.240 e. The van der Waals surface area contributed by atoms with E-state index in [1.54, 1.807) is 55.6 Å². The molecule has 0 atom stereocenters. The molecule has 0 saturated heterocycles. The summed E-state index contributed by atoms with van der Waals surface area (Å²) in [6.45, 7) is 0.306. The van der Waals surface area contributed by atoms with Crippen molar-refractivity contribution in [2.75, 3.05) is 18.9 Å². The average molecular weight is 306 g/mol. The van der Waals surface area contributed by atoms with Crippen LogP contribution in [0.1, 0.15) is 5.56 Å². The SMILES string of the molecule is CNc1ccc(S(=O)(=O)NCCc2ccc(O)cc2)cc1. The highest BCUT2D eigenvalue weighted by molar-refractivity contribution is 7.89. The standard InChI is InChI=1S/C15H18N2O3S/c1-16-13-4-8-15(9-5-13)21(19,20)17-11-10-12-2-6-14(18)7-3-12/h2-9,16-18H,10-11H2,1H3. The van der Waals surface area contributed by atoms with Crippen LogP contribution in [0.5, 0.6) is 5.75 Å². The van der Waals surface area contributed by atoms with E-state index in [0.717, 1.165) is 11.3 Å². The van der Waals surface area contributed by atoms with Crippen molar-refractivity contribution in [2.45, 2.75) is 11.3 Å². The summed E-state index contributed by atoms with van der Waals surface area (Å²) < 4.78 is 26.8. The number of anilines is 1. The second-order valence-corrected chi connectivity index (χ2v) is 6.36. The highest BCUT2D eigenvalue weighted by Gasteiger charge is 2.12. The molecule has 0 aliphatic heterocycles. The van der Waals surface area contributed by atoms with E-state index in [1.807, 2.05) is 0 Å². The second-order valence-electron chi connectivity index (χ2n) is 4.59. The molecule has 3 N–H and O–H groups in total. The normalized spacial score (nSPS) is 11.3. The van der Waals surface area contributed by atoms with Crippen LogP contribution in [0.2, 0.25) is 0 Å². The average Bonchev–Trinajstić information content (AvgIpc) is 2.49. The molecule has 0 aliphatic carbocycles. The lowest BCUT2D eigenvalue weighted by atomic mass is 10.1. The van der Waals surface area contributed by atoms with Crippen molar-refractivity contribution in [3.63, 3.8) is 0 Å². The predicted octanol–water partition coefficient (Wildman–Crippen LogP) is 1.95. The zero-order chi connectivity index (χ0) is 15.3. The predicted molar refractivity (Wildman–Crippen MR) is 83.0 cm³/mol. The Hall–Kier alpha value is -2.05. The Labute approximate surface area is 124 Å². The highest BCUT2D eigenvalue weighted by atomic mass is 32.2. The molecule has 112 valence electrons. The maximum atomic E-state index is 12.1. The molecule has 0 radical (unpaired) electrons. The minimum Gasteiger partial charge on any atom is -0.508 e. The number of phenols is 1. The van der Waals surface area contributed by atoms with Crippen molar-refractivity contribution in [2.24, 2.45) is 0 Å². The maximum absolute atomic E-state index is 12.1. The number of hydrogen-bond acceptors (Lipinski definition) is 4. The Morgan fingerprint density at radius 1 is 1.00 bits per heavy atom. The van der Waals surface area contributed by atoms with Crippen LogP contribution in [0.3, 0.4) is 0 Å². The van der Waals surface area contributed by atoms with Gasteiger partial charge in [-0.2, -0.15) is 0 Å². The van der Waals surface area contributed by atoms with Gasteiger partial charge in [-0.25, -0.2) is 13.1 Å². The molecular formula is C15H18N2O3S. The minimum atomic E-state index is -3.49. The molecule has 6 heteroatoms. The lowest BCUT2D eigenvalue weighted by Gasteiger charge is -2.08. The van der Waals surface area contributed by atoms with Gasteiger partial charge in [0.05, 0.1) is 4.90 Å². The molecule has 2 aromatic rings. The van der Waals surface area contributed by atoms with E-state index in [4.69, 9.17) is 0 Å². The fourth-order valence-corrected chi connectivity index (χ4v) is 2.91. The van der Waals surface area contributed by atoms with Crippen molar-refractivity contribution in [1.29, 1.82) is 0 Å². The molecule has 0 bridgehead atoms. The largest absolute Gasteiger partial charge is 0.508 e. The first-order valence-electron chi connectivity index (χ1n) is 6.57. The van der Waals surface area contributed by atoms with Gasteiger partial charge < -0.3 is 10.4 Å². The maximum Gasteiger partial charge on any atom is 0.240 e. The topological polar surface area (TPSA) is 78.4 Å². The Bertz CT molecular complexity index is 680. The Balaban J connectivity index is 1.95. The lowest BCUT2D eigenvalue weighted by Crippen LogP contribution is -2.25. The van der Waals surface area contributed by atoms with Gasteiger partial charge in [-0.1, -0.05) is 12.1 Å². The van der Waals surface area contributed by atoms with Gasteiger partial charge in [-0.3, -0.25) is 0 Å². The third-order valence-corrected chi connectivity index (χ3v) is 4.57. The van der Waals surface area contributed by atoms with Crippen molar-refractivity contribution in [1.82, 2.24) is 4.72 Å². The summed E-state index contributed by atoms with van der Waals surface area (Å²) in [5, 5.41) is 12.1. The summed E-state index contributed by atoms with van der Waals surface area (Å²) in [4.78, 5) is 0.243. The van der Waals surface area contributed by atoms with E-state index in [1.165, 1.54) is 0 Å². The number of nitrogens with one attached hydrogen (secondary N) is 2. The first-order valence-corrected chi connectivity index (χ1v) is 8.05. The zero-order valence-electron chi connectivity index (χ0n) is 11.7. The molecule has 0 heterocycles. The number of aromatic hydroxyl groups is 1. The second kappa shape index (κ2) is 6.60. The first-order chi connectivity index (χ1) is 10.0. The number of sulfonamides is 1. The van der Waals surface area contributed by atoms with Gasteiger partial charge in [0.25, 0.3) is 0 Å². The van der Waals surface area contributed by atoms with E-state index < -0.39 is 10.0 Å². The van der Waals surface area contributed by atoms with Crippen molar-refractivity contribution in [3.05, 3.63) is 54.1 Å². The fraction of sp³-hybridized carbons (Fsp3) is 0.200. The Morgan fingerprint density at radius 3 is 2.19 bits per heavy atom. The Morgan fingerprint density at radius 2 is 1.62 bits per heavy atom. The summed E-state index contributed by atoms with van der Waals surface area (Å²) in [5.41, 5.74) is 1.82. The number of hydrogen-bond donors (Lipinski definition) is 3. The van der Waals surface area contributed by atoms with Gasteiger partial charge in [-0.15, -0.1) is 0 Å². The van der Waals surface area contributed by atoms with E-state index in [9.17, 15) is 13.5 Å². The molecule has 0 amide bonds. The lowest BCUT2D eigenvalue weighted by molar-refractivity contribution is 0.475. The van der Waals surface area contributed by atoms with Crippen molar-refractivity contribution >= 4 is 15.7 Å². The van der Waals surface area contributed by atoms with E-state index >= 15 is 0 Å². The summed E-state index contributed by atoms with van der Waals surface area (Å²) in [5.74, 6) is 0.198. The van der Waals surface area contributed by atoms with Gasteiger partial charge in [0.15, 0.2) is 0 Å². The van der Waals surface area contributed by atoms with Gasteiger partial charge in [0.1, 0.15) is 5.75 Å². The number of benzene rings is 2. The number of phenolic OH excluding ortho intramolecular Hbond substituents is 1. The minimum absolute atomic E-state index is 0.198. The fourth-order valence-electron chi connectivity index (χ4n) is 1.88. The molecule has 0 spiro atoms. The van der Waals surface area contributed by atoms with Gasteiger partial charge in [0.2, 0.25) is 10.0 Å². The summed E-state index contributed by atoms with van der Waals surface area (Å²) in [7, 11) is -1.71. The molecule has 21 heavy (non-hydrogen) atoms. The van der Waals surface area contributed by atoms with Crippen molar-refractivity contribution < 1.29 is 13.5 Å². The molecule has 0 saturated carbocycles. The van der Waals surface area contributed by atoms with Gasteiger partial charge >= 0.3 is 0 Å². The Kier molecular flexibility index (Phi) is 4.82. The van der Waals surface area contributed by atoms with Gasteiger partial charge in [-0.05, 0) is 48.4 Å². The van der Waals surface area contributed by atoms with E-state index in [0.29, 0.717) is 13.0 Å². The summed E-state index contributed by atoms with van der Waals surface area (Å²) >= 11 is 0. The first kappa shape index (κ1) is 15.3. The van der Waals surface area contributed by atoms with Crippen LogP contribution < -0.4 is 10.0 Å². The highest BCUT2D eigenvalue weighted by Crippen LogP contribution is 2.14. The summed E-state index contributed by atoms with van der Waals surface area (Å²) in [6.07, 6.45) is 0.564. The molecule has 2 aromatic carbocycles. The van der Waals surface area contributed by atoms with Crippen LogP contribution in [-0.4, -0.2) is 27.1 Å². The third-order valence-electron chi connectivity index (χ3n) is 3.10. The van der Waals surface area contributed by atoms with Crippen LogP contribution in [0.15, 0.2) is 53.4 Å². The molecule has 0 aliphatic rings. The molecule has 0 unspecified atom stereocenters. The van der Waals surface area contributed by atoms with E-state index in [-0.39, 0.29) is 10.6 Å². The van der Waals surface area contributed by atoms with Crippen LogP contribution in [-0.2, 0) is 16.4 Å². The molecule has 2 rings (SSSR count). The van der Waals surface area contributed by atoms with Crippen LogP contribution >= 0.6 is 0 Å². The molecule has 5 nitrogen and oxygen atoms in total. The van der Waals surface area contributed by atoms with Crippen LogP contribution in [0, 0.1) is 0 Å².